The minimum Gasteiger partial charge on any atom is -0.415 e. The number of alkyl halides is 3. The van der Waals surface area contributed by atoms with Crippen LogP contribution < -0.4 is 9.64 Å². The van der Waals surface area contributed by atoms with Crippen LogP contribution in [-0.2, 0) is 13.2 Å². The van der Waals surface area contributed by atoms with Gasteiger partial charge in [-0.1, -0.05) is 5.16 Å². The van der Waals surface area contributed by atoms with E-state index in [4.69, 9.17) is 9.26 Å². The third kappa shape index (κ3) is 4.17. The first-order valence-electron chi connectivity index (χ1n) is 9.47. The van der Waals surface area contributed by atoms with E-state index in [1.54, 1.807) is 11.8 Å². The standard InChI is InChI=1S/C17H17F3N8O4/c1-9-23-15(32-25-9)10-3-5-27(6-4-10)14-13(28(29)30)16(22-8-21-14)31-12-7-11(17(18,19)20)24-26(12)2/h7-8,10H,3-6H2,1-2H3. The molecule has 1 aliphatic heterocycles. The van der Waals surface area contributed by atoms with Gasteiger partial charge < -0.3 is 14.2 Å². The quantitative estimate of drug-likeness (QED) is 0.418. The van der Waals surface area contributed by atoms with Crippen LogP contribution in [0.1, 0.15) is 36.2 Å². The average molecular weight is 454 g/mol. The van der Waals surface area contributed by atoms with Crippen molar-refractivity contribution in [1.82, 2.24) is 29.9 Å². The van der Waals surface area contributed by atoms with Crippen molar-refractivity contribution in [2.24, 2.45) is 7.05 Å². The molecule has 12 nitrogen and oxygen atoms in total. The lowest BCUT2D eigenvalue weighted by Crippen LogP contribution is -2.34. The van der Waals surface area contributed by atoms with Gasteiger partial charge in [-0.15, -0.1) is 0 Å². The maximum atomic E-state index is 12.9. The monoisotopic (exact) mass is 454 g/mol. The van der Waals surface area contributed by atoms with Gasteiger partial charge in [-0.25, -0.2) is 9.67 Å². The SMILES string of the molecule is Cc1noc(C2CCN(c3ncnc(Oc4cc(C(F)(F)F)nn4C)c3[N+](=O)[O-])CC2)n1. The topological polar surface area (TPSA) is 138 Å². The van der Waals surface area contributed by atoms with Crippen molar-refractivity contribution in [3.63, 3.8) is 0 Å². The molecule has 0 radical (unpaired) electrons. The fourth-order valence-corrected chi connectivity index (χ4v) is 3.42. The lowest BCUT2D eigenvalue weighted by atomic mass is 9.97. The fraction of sp³-hybridized carbons (Fsp3) is 0.471. The van der Waals surface area contributed by atoms with E-state index in [-0.39, 0.29) is 17.6 Å². The molecule has 32 heavy (non-hydrogen) atoms. The van der Waals surface area contributed by atoms with E-state index in [1.807, 2.05) is 0 Å². The van der Waals surface area contributed by atoms with Gasteiger partial charge in [0.1, 0.15) is 6.33 Å². The average Bonchev–Trinajstić information content (AvgIpc) is 3.33. The number of hydrogen-bond acceptors (Lipinski definition) is 10. The molecule has 0 amide bonds. The van der Waals surface area contributed by atoms with E-state index >= 15 is 0 Å². The van der Waals surface area contributed by atoms with E-state index < -0.39 is 28.4 Å². The number of ether oxygens (including phenoxy) is 1. The van der Waals surface area contributed by atoms with E-state index in [9.17, 15) is 23.3 Å². The van der Waals surface area contributed by atoms with Crippen LogP contribution in [0.25, 0.3) is 0 Å². The van der Waals surface area contributed by atoms with Crippen LogP contribution in [0.5, 0.6) is 11.8 Å². The van der Waals surface area contributed by atoms with Crippen LogP contribution in [-0.4, -0.2) is 47.9 Å². The van der Waals surface area contributed by atoms with E-state index in [1.165, 1.54) is 7.05 Å². The lowest BCUT2D eigenvalue weighted by Gasteiger charge is -2.30. The summed E-state index contributed by atoms with van der Waals surface area (Å²) in [6.45, 7) is 2.54. The van der Waals surface area contributed by atoms with Crippen molar-refractivity contribution in [2.45, 2.75) is 31.9 Å². The van der Waals surface area contributed by atoms with Gasteiger partial charge in [-0.3, -0.25) is 10.1 Å². The summed E-state index contributed by atoms with van der Waals surface area (Å²) in [5.41, 5.74) is -1.74. The molecule has 0 N–H and O–H groups in total. The Hall–Kier alpha value is -3.78. The minimum absolute atomic E-state index is 0.0124. The Kier molecular flexibility index (Phi) is 5.40. The second kappa shape index (κ2) is 8.05. The van der Waals surface area contributed by atoms with Crippen LogP contribution in [0.15, 0.2) is 16.9 Å². The molecule has 15 heteroatoms. The van der Waals surface area contributed by atoms with Gasteiger partial charge in [-0.2, -0.15) is 28.2 Å². The highest BCUT2D eigenvalue weighted by molar-refractivity contribution is 5.63. The summed E-state index contributed by atoms with van der Waals surface area (Å²) in [5.74, 6) is 0.235. The fourth-order valence-electron chi connectivity index (χ4n) is 3.42. The summed E-state index contributed by atoms with van der Waals surface area (Å²) >= 11 is 0. The van der Waals surface area contributed by atoms with Crippen LogP contribution in [0, 0.1) is 17.0 Å². The number of anilines is 1. The third-order valence-electron chi connectivity index (χ3n) is 4.97. The zero-order valence-electron chi connectivity index (χ0n) is 16.9. The molecule has 1 saturated heterocycles. The van der Waals surface area contributed by atoms with Crippen LogP contribution in [0.4, 0.5) is 24.7 Å². The number of rotatable bonds is 5. The highest BCUT2D eigenvalue weighted by Gasteiger charge is 2.36. The van der Waals surface area contributed by atoms with Crippen molar-refractivity contribution in [2.75, 3.05) is 18.0 Å². The lowest BCUT2D eigenvalue weighted by molar-refractivity contribution is -0.385. The molecule has 0 unspecified atom stereocenters. The van der Waals surface area contributed by atoms with Crippen LogP contribution in [0.2, 0.25) is 0 Å². The van der Waals surface area contributed by atoms with E-state index in [0.717, 1.165) is 11.0 Å². The number of nitrogens with zero attached hydrogens (tertiary/aromatic N) is 8. The molecule has 1 aliphatic rings. The molecule has 0 aliphatic carbocycles. The zero-order valence-corrected chi connectivity index (χ0v) is 16.9. The first-order chi connectivity index (χ1) is 15.1. The molecule has 4 rings (SSSR count). The molecule has 3 aromatic rings. The summed E-state index contributed by atoms with van der Waals surface area (Å²) in [7, 11) is 1.22. The van der Waals surface area contributed by atoms with Gasteiger partial charge in [0, 0.05) is 32.1 Å². The van der Waals surface area contributed by atoms with Crippen molar-refractivity contribution < 1.29 is 27.4 Å². The van der Waals surface area contributed by atoms with Crippen molar-refractivity contribution in [3.8, 4) is 11.8 Å². The summed E-state index contributed by atoms with van der Waals surface area (Å²) in [4.78, 5) is 24.8. The molecular weight excluding hydrogens is 437 g/mol. The third-order valence-corrected chi connectivity index (χ3v) is 4.97. The molecule has 0 spiro atoms. The van der Waals surface area contributed by atoms with Crippen molar-refractivity contribution >= 4 is 11.5 Å². The summed E-state index contributed by atoms with van der Waals surface area (Å²) in [6.07, 6.45) is -2.44. The first-order valence-corrected chi connectivity index (χ1v) is 9.47. The Labute approximate surface area is 178 Å². The number of piperidine rings is 1. The summed E-state index contributed by atoms with van der Waals surface area (Å²) < 4.78 is 50.1. The minimum atomic E-state index is -4.69. The van der Waals surface area contributed by atoms with Gasteiger partial charge in [0.15, 0.2) is 11.5 Å². The summed E-state index contributed by atoms with van der Waals surface area (Å²) in [5, 5.41) is 18.9. The Morgan fingerprint density at radius 2 is 2.00 bits per heavy atom. The molecule has 0 aromatic carbocycles. The molecule has 0 bridgehead atoms. The zero-order chi connectivity index (χ0) is 23.0. The normalized spacial score (nSPS) is 15.2. The van der Waals surface area contributed by atoms with Gasteiger partial charge >= 0.3 is 17.7 Å². The molecule has 1 fully saturated rings. The van der Waals surface area contributed by atoms with Gasteiger partial charge in [0.05, 0.1) is 4.92 Å². The second-order valence-corrected chi connectivity index (χ2v) is 7.14. The van der Waals surface area contributed by atoms with Gasteiger partial charge in [0.25, 0.3) is 0 Å². The Morgan fingerprint density at radius 1 is 1.28 bits per heavy atom. The van der Waals surface area contributed by atoms with Crippen LogP contribution >= 0.6 is 0 Å². The maximum Gasteiger partial charge on any atom is 0.435 e. The molecule has 0 saturated carbocycles. The number of hydrogen-bond donors (Lipinski definition) is 0. The highest BCUT2D eigenvalue weighted by Crippen LogP contribution is 2.39. The number of aryl methyl sites for hydroxylation is 2. The smallest absolute Gasteiger partial charge is 0.415 e. The second-order valence-electron chi connectivity index (χ2n) is 7.14. The van der Waals surface area contributed by atoms with E-state index in [2.05, 4.69) is 25.2 Å². The predicted molar refractivity (Wildman–Crippen MR) is 100 cm³/mol. The number of nitro groups is 1. The Balaban J connectivity index is 1.58. The van der Waals surface area contributed by atoms with Gasteiger partial charge in [-0.05, 0) is 19.8 Å². The molecule has 0 atom stereocenters. The number of aromatic nitrogens is 6. The van der Waals surface area contributed by atoms with Crippen molar-refractivity contribution in [3.05, 3.63) is 39.9 Å². The van der Waals surface area contributed by atoms with Gasteiger partial charge in [0.2, 0.25) is 17.6 Å². The maximum absolute atomic E-state index is 12.9. The molecule has 4 heterocycles. The summed E-state index contributed by atoms with van der Waals surface area (Å²) in [6, 6.07) is 0.642. The molecular formula is C17H17F3N8O4. The molecule has 170 valence electrons. The molecule has 3 aromatic heterocycles. The predicted octanol–water partition coefficient (Wildman–Crippen LogP) is 3.00. The Bertz CT molecular complexity index is 1140. The highest BCUT2D eigenvalue weighted by atomic mass is 19.4. The Morgan fingerprint density at radius 3 is 2.56 bits per heavy atom. The van der Waals surface area contributed by atoms with Crippen LogP contribution in [0.3, 0.4) is 0 Å². The van der Waals surface area contributed by atoms with E-state index in [0.29, 0.717) is 43.7 Å². The largest absolute Gasteiger partial charge is 0.435 e. The number of halogens is 3. The first kappa shape index (κ1) is 21.5. The van der Waals surface area contributed by atoms with Crippen molar-refractivity contribution in [1.29, 1.82) is 0 Å².